The summed E-state index contributed by atoms with van der Waals surface area (Å²) in [6.45, 7) is 1.46. The van der Waals surface area contributed by atoms with Crippen molar-refractivity contribution in [2.75, 3.05) is 38.3 Å². The van der Waals surface area contributed by atoms with E-state index in [4.69, 9.17) is 5.73 Å². The number of aromatic nitrogens is 3. The topological polar surface area (TPSA) is 91.4 Å². The summed E-state index contributed by atoms with van der Waals surface area (Å²) < 4.78 is 0. The number of hydrogen-bond acceptors (Lipinski definition) is 7. The lowest BCUT2D eigenvalue weighted by Gasteiger charge is -2.31. The van der Waals surface area contributed by atoms with E-state index in [9.17, 15) is 5.11 Å². The summed E-state index contributed by atoms with van der Waals surface area (Å²) >= 11 is 0. The van der Waals surface area contributed by atoms with Crippen molar-refractivity contribution in [2.45, 2.75) is 38.3 Å². The molecule has 2 atom stereocenters. The summed E-state index contributed by atoms with van der Waals surface area (Å²) in [5, 5.41) is 10.1. The van der Waals surface area contributed by atoms with E-state index in [-0.39, 0.29) is 12.1 Å². The zero-order valence-electron chi connectivity index (χ0n) is 13.2. The molecule has 3 N–H and O–H groups in total. The van der Waals surface area contributed by atoms with Crippen LogP contribution in [0.4, 0.5) is 11.9 Å². The molecule has 0 saturated heterocycles. The number of rotatable bonds is 5. The summed E-state index contributed by atoms with van der Waals surface area (Å²) in [4.78, 5) is 16.6. The van der Waals surface area contributed by atoms with Gasteiger partial charge in [-0.3, -0.25) is 4.90 Å². The van der Waals surface area contributed by atoms with Crippen molar-refractivity contribution in [3.8, 4) is 0 Å². The van der Waals surface area contributed by atoms with E-state index in [1.54, 1.807) is 0 Å². The molecule has 0 aliphatic heterocycles. The van der Waals surface area contributed by atoms with Gasteiger partial charge < -0.3 is 15.7 Å². The molecule has 7 heteroatoms. The van der Waals surface area contributed by atoms with Gasteiger partial charge in [0.2, 0.25) is 11.9 Å². The summed E-state index contributed by atoms with van der Waals surface area (Å²) in [5.74, 6) is 1.83. The highest BCUT2D eigenvalue weighted by atomic mass is 16.3. The van der Waals surface area contributed by atoms with Gasteiger partial charge in [0.15, 0.2) is 0 Å². The fourth-order valence-electron chi connectivity index (χ4n) is 2.80. The van der Waals surface area contributed by atoms with Gasteiger partial charge in [0.25, 0.3) is 0 Å². The number of aliphatic hydroxyl groups is 1. The van der Waals surface area contributed by atoms with Crippen molar-refractivity contribution in [1.82, 2.24) is 19.9 Å². The van der Waals surface area contributed by atoms with Crippen molar-refractivity contribution >= 4 is 11.9 Å². The smallest absolute Gasteiger partial charge is 0.229 e. The second-order valence-corrected chi connectivity index (χ2v) is 6.11. The van der Waals surface area contributed by atoms with Gasteiger partial charge >= 0.3 is 0 Å². The molecule has 0 radical (unpaired) electrons. The Morgan fingerprint density at radius 2 is 1.86 bits per heavy atom. The van der Waals surface area contributed by atoms with Gasteiger partial charge in [-0.25, -0.2) is 0 Å². The quantitative estimate of drug-likeness (QED) is 0.817. The molecule has 0 amide bonds. The zero-order chi connectivity index (χ0) is 15.4. The fourth-order valence-corrected chi connectivity index (χ4v) is 2.80. The lowest BCUT2D eigenvalue weighted by molar-refractivity contribution is 0.0497. The largest absolute Gasteiger partial charge is 0.393 e. The summed E-state index contributed by atoms with van der Waals surface area (Å²) in [5.41, 5.74) is 5.73. The van der Waals surface area contributed by atoms with E-state index >= 15 is 0 Å². The molecular formula is C14H26N6O. The monoisotopic (exact) mass is 294 g/mol. The number of aliphatic hydroxyl groups excluding tert-OH is 1. The van der Waals surface area contributed by atoms with Crippen LogP contribution in [0.2, 0.25) is 0 Å². The van der Waals surface area contributed by atoms with Crippen molar-refractivity contribution in [3.05, 3.63) is 5.82 Å². The number of nitrogens with zero attached hydrogens (tertiary/aromatic N) is 5. The average Bonchev–Trinajstić information content (AvgIpc) is 2.40. The van der Waals surface area contributed by atoms with E-state index < -0.39 is 0 Å². The maximum atomic E-state index is 10.1. The number of nitrogen functional groups attached to an aromatic ring is 1. The second kappa shape index (κ2) is 7.00. The first-order chi connectivity index (χ1) is 9.95. The van der Waals surface area contributed by atoms with E-state index in [0.29, 0.717) is 24.2 Å². The Hall–Kier alpha value is -1.47. The molecule has 21 heavy (non-hydrogen) atoms. The Morgan fingerprint density at radius 3 is 2.52 bits per heavy atom. The molecular weight excluding hydrogens is 268 g/mol. The Labute approximate surface area is 126 Å². The van der Waals surface area contributed by atoms with Crippen LogP contribution in [0, 0.1) is 5.92 Å². The normalized spacial score (nSPS) is 22.5. The molecule has 0 aromatic carbocycles. The van der Waals surface area contributed by atoms with Crippen LogP contribution >= 0.6 is 0 Å². The van der Waals surface area contributed by atoms with Gasteiger partial charge in [0, 0.05) is 20.6 Å². The minimum atomic E-state index is -0.179. The van der Waals surface area contributed by atoms with E-state index in [1.165, 1.54) is 6.42 Å². The van der Waals surface area contributed by atoms with Gasteiger partial charge in [-0.2, -0.15) is 15.0 Å². The summed E-state index contributed by atoms with van der Waals surface area (Å²) in [7, 11) is 5.78. The lowest BCUT2D eigenvalue weighted by atomic mass is 9.86. The minimum absolute atomic E-state index is 0.179. The maximum Gasteiger partial charge on any atom is 0.229 e. The van der Waals surface area contributed by atoms with Crippen molar-refractivity contribution in [1.29, 1.82) is 0 Å². The van der Waals surface area contributed by atoms with Gasteiger partial charge in [0.05, 0.1) is 12.6 Å². The lowest BCUT2D eigenvalue weighted by Crippen LogP contribution is -2.35. The summed E-state index contributed by atoms with van der Waals surface area (Å²) in [6.07, 6.45) is 4.17. The van der Waals surface area contributed by atoms with Crippen LogP contribution in [0.1, 0.15) is 31.5 Å². The molecule has 118 valence electrons. The van der Waals surface area contributed by atoms with Gasteiger partial charge in [-0.15, -0.1) is 0 Å². The average molecular weight is 294 g/mol. The number of anilines is 2. The molecule has 1 aromatic rings. The van der Waals surface area contributed by atoms with E-state index in [2.05, 4.69) is 19.9 Å². The standard InChI is InChI=1S/C14H26N6O/c1-19(2)14-17-12(16-13(15)18-14)9-20(3)8-10-6-4-5-7-11(10)21/h10-11,21H,4-9H2,1-3H3,(H2,15,16,17,18). The Balaban J connectivity index is 1.97. The van der Waals surface area contributed by atoms with Crippen LogP contribution in [0.3, 0.4) is 0 Å². The van der Waals surface area contributed by atoms with Crippen LogP contribution in [0.15, 0.2) is 0 Å². The number of hydrogen-bond donors (Lipinski definition) is 2. The third-order valence-corrected chi connectivity index (χ3v) is 3.91. The zero-order valence-corrected chi connectivity index (χ0v) is 13.2. The highest BCUT2D eigenvalue weighted by Crippen LogP contribution is 2.25. The predicted molar refractivity (Wildman–Crippen MR) is 82.9 cm³/mol. The van der Waals surface area contributed by atoms with Crippen LogP contribution in [-0.2, 0) is 6.54 Å². The highest BCUT2D eigenvalue weighted by Gasteiger charge is 2.24. The first kappa shape index (κ1) is 15.9. The van der Waals surface area contributed by atoms with Crippen LogP contribution < -0.4 is 10.6 Å². The maximum absolute atomic E-state index is 10.1. The molecule has 2 unspecified atom stereocenters. The van der Waals surface area contributed by atoms with Gasteiger partial charge in [-0.1, -0.05) is 12.8 Å². The highest BCUT2D eigenvalue weighted by molar-refractivity contribution is 5.32. The van der Waals surface area contributed by atoms with Crippen molar-refractivity contribution < 1.29 is 5.11 Å². The minimum Gasteiger partial charge on any atom is -0.393 e. The molecule has 0 bridgehead atoms. The van der Waals surface area contributed by atoms with Crippen molar-refractivity contribution in [2.24, 2.45) is 5.92 Å². The Morgan fingerprint density at radius 1 is 1.14 bits per heavy atom. The SMILES string of the molecule is CN(Cc1nc(N)nc(N(C)C)n1)CC1CCCCC1O. The van der Waals surface area contributed by atoms with Crippen LogP contribution in [0.25, 0.3) is 0 Å². The molecule has 1 aliphatic rings. The molecule has 1 heterocycles. The predicted octanol–water partition coefficient (Wildman–Crippen LogP) is 0.503. The molecule has 1 saturated carbocycles. The Kier molecular flexibility index (Phi) is 5.30. The molecule has 1 fully saturated rings. The van der Waals surface area contributed by atoms with Gasteiger partial charge in [-0.05, 0) is 25.8 Å². The van der Waals surface area contributed by atoms with E-state index in [1.807, 2.05) is 26.0 Å². The molecule has 1 aromatic heterocycles. The van der Waals surface area contributed by atoms with Crippen LogP contribution in [-0.4, -0.2) is 58.8 Å². The molecule has 0 spiro atoms. The third-order valence-electron chi connectivity index (χ3n) is 3.91. The molecule has 7 nitrogen and oxygen atoms in total. The Bertz CT molecular complexity index is 467. The summed E-state index contributed by atoms with van der Waals surface area (Å²) in [6, 6.07) is 0. The third kappa shape index (κ3) is 4.50. The number of nitrogens with two attached hydrogens (primary N) is 1. The molecule has 1 aliphatic carbocycles. The van der Waals surface area contributed by atoms with E-state index in [0.717, 1.165) is 25.8 Å². The van der Waals surface area contributed by atoms with Crippen molar-refractivity contribution in [3.63, 3.8) is 0 Å². The second-order valence-electron chi connectivity index (χ2n) is 6.11. The molecule has 2 rings (SSSR count). The van der Waals surface area contributed by atoms with Crippen LogP contribution in [0.5, 0.6) is 0 Å². The first-order valence-electron chi connectivity index (χ1n) is 7.50. The fraction of sp³-hybridized carbons (Fsp3) is 0.786. The van der Waals surface area contributed by atoms with Gasteiger partial charge in [0.1, 0.15) is 5.82 Å². The first-order valence-corrected chi connectivity index (χ1v) is 7.50.